The van der Waals surface area contributed by atoms with Crippen LogP contribution in [0.15, 0.2) is 60.8 Å². The van der Waals surface area contributed by atoms with Gasteiger partial charge in [0.05, 0.1) is 17.4 Å². The van der Waals surface area contributed by atoms with Crippen LogP contribution >= 0.6 is 0 Å². The normalized spacial score (nSPS) is 11.7. The number of aromatic nitrogens is 2. The lowest BCUT2D eigenvalue weighted by Gasteiger charge is -2.15. The molecule has 2 heterocycles. The lowest BCUT2D eigenvalue weighted by Crippen LogP contribution is -1.98. The molecular formula is C29H30N2. The van der Waals surface area contributed by atoms with E-state index in [2.05, 4.69) is 92.9 Å². The molecule has 0 saturated heterocycles. The average molecular weight is 407 g/mol. The second kappa shape index (κ2) is 7.85. The highest BCUT2D eigenvalue weighted by molar-refractivity contribution is 6.14. The molecule has 0 aliphatic heterocycles. The maximum atomic E-state index is 4.94. The zero-order chi connectivity index (χ0) is 21.5. The molecule has 0 aliphatic carbocycles. The first-order valence-corrected chi connectivity index (χ1v) is 11.5. The van der Waals surface area contributed by atoms with Crippen molar-refractivity contribution >= 4 is 27.3 Å². The van der Waals surface area contributed by atoms with Crippen LogP contribution in [0.3, 0.4) is 0 Å². The van der Waals surface area contributed by atoms with Crippen molar-refractivity contribution in [3.8, 4) is 11.3 Å². The Bertz CT molecular complexity index is 1400. The molecule has 2 aromatic heterocycles. The average Bonchev–Trinajstić information content (AvgIpc) is 3.19. The summed E-state index contributed by atoms with van der Waals surface area (Å²) in [5.41, 5.74) is 10.1. The highest BCUT2D eigenvalue weighted by atomic mass is 15.0. The summed E-state index contributed by atoms with van der Waals surface area (Å²) in [6, 6.07) is 20.2. The number of benzene rings is 3. The number of unbranched alkanes of at least 4 members (excludes halogenated alkanes) is 2. The number of aryl methyl sites for hydroxylation is 4. The summed E-state index contributed by atoms with van der Waals surface area (Å²) in [5, 5.41) is 3.90. The fourth-order valence-electron chi connectivity index (χ4n) is 5.11. The molecule has 2 nitrogen and oxygen atoms in total. The third kappa shape index (κ3) is 3.22. The Morgan fingerprint density at radius 2 is 1.55 bits per heavy atom. The molecule has 156 valence electrons. The van der Waals surface area contributed by atoms with E-state index in [0.717, 1.165) is 12.1 Å². The van der Waals surface area contributed by atoms with Gasteiger partial charge in [0.1, 0.15) is 5.65 Å². The minimum absolute atomic E-state index is 1.04. The summed E-state index contributed by atoms with van der Waals surface area (Å²) in [7, 11) is 0. The van der Waals surface area contributed by atoms with E-state index in [9.17, 15) is 0 Å². The number of hydrogen-bond acceptors (Lipinski definition) is 1. The van der Waals surface area contributed by atoms with Gasteiger partial charge in [-0.2, -0.15) is 0 Å². The van der Waals surface area contributed by atoms with Gasteiger partial charge in [0.25, 0.3) is 0 Å². The van der Waals surface area contributed by atoms with Crippen molar-refractivity contribution in [2.24, 2.45) is 0 Å². The fraction of sp³-hybridized carbons (Fsp3) is 0.276. The van der Waals surface area contributed by atoms with Crippen LogP contribution in [-0.2, 0) is 6.42 Å². The molecule has 0 spiro atoms. The van der Waals surface area contributed by atoms with Crippen LogP contribution in [-0.4, -0.2) is 9.38 Å². The van der Waals surface area contributed by atoms with Gasteiger partial charge in [0.2, 0.25) is 0 Å². The third-order valence-corrected chi connectivity index (χ3v) is 6.65. The molecule has 0 amide bonds. The SMILES string of the molecule is CCCCCc1ccc2c(c1)c1c(C)cccc1c1ncc(-c3c(C)cccc3C)n21. The largest absolute Gasteiger partial charge is 0.292 e. The van der Waals surface area contributed by atoms with Gasteiger partial charge in [-0.1, -0.05) is 62.2 Å². The third-order valence-electron chi connectivity index (χ3n) is 6.65. The van der Waals surface area contributed by atoms with Crippen LogP contribution in [0.25, 0.3) is 38.6 Å². The van der Waals surface area contributed by atoms with Crippen LogP contribution in [0, 0.1) is 20.8 Å². The minimum Gasteiger partial charge on any atom is -0.292 e. The highest BCUT2D eigenvalue weighted by Gasteiger charge is 2.17. The van der Waals surface area contributed by atoms with Crippen molar-refractivity contribution in [3.05, 3.63) is 83.0 Å². The van der Waals surface area contributed by atoms with E-state index in [4.69, 9.17) is 4.98 Å². The number of imidazole rings is 1. The first-order chi connectivity index (χ1) is 15.1. The molecule has 5 rings (SSSR count). The van der Waals surface area contributed by atoms with Crippen LogP contribution in [0.4, 0.5) is 0 Å². The van der Waals surface area contributed by atoms with Gasteiger partial charge in [0, 0.05) is 16.3 Å². The predicted molar refractivity (Wildman–Crippen MR) is 133 cm³/mol. The quantitative estimate of drug-likeness (QED) is 0.214. The summed E-state index contributed by atoms with van der Waals surface area (Å²) in [6.07, 6.45) is 6.99. The van der Waals surface area contributed by atoms with Crippen molar-refractivity contribution < 1.29 is 0 Å². The van der Waals surface area contributed by atoms with Gasteiger partial charge in [-0.05, 0) is 73.4 Å². The lowest BCUT2D eigenvalue weighted by molar-refractivity contribution is 0.718. The zero-order valence-corrected chi connectivity index (χ0v) is 19.0. The van der Waals surface area contributed by atoms with Crippen molar-refractivity contribution in [1.82, 2.24) is 9.38 Å². The van der Waals surface area contributed by atoms with Gasteiger partial charge in [-0.3, -0.25) is 4.40 Å². The summed E-state index contributed by atoms with van der Waals surface area (Å²) >= 11 is 0. The van der Waals surface area contributed by atoms with E-state index in [1.54, 1.807) is 0 Å². The molecule has 2 heteroatoms. The molecule has 3 aromatic carbocycles. The van der Waals surface area contributed by atoms with E-state index in [1.165, 1.54) is 74.4 Å². The number of fused-ring (bicyclic) bond motifs is 6. The molecule has 0 atom stereocenters. The Labute approximate surface area is 184 Å². The van der Waals surface area contributed by atoms with Crippen molar-refractivity contribution in [3.63, 3.8) is 0 Å². The monoisotopic (exact) mass is 406 g/mol. The summed E-state index contributed by atoms with van der Waals surface area (Å²) in [6.45, 7) is 8.88. The first kappa shape index (κ1) is 19.8. The van der Waals surface area contributed by atoms with Gasteiger partial charge in [-0.25, -0.2) is 4.98 Å². The summed E-state index contributed by atoms with van der Waals surface area (Å²) in [5.74, 6) is 0. The maximum Gasteiger partial charge on any atom is 0.145 e. The zero-order valence-electron chi connectivity index (χ0n) is 19.0. The van der Waals surface area contributed by atoms with Crippen LogP contribution in [0.1, 0.15) is 48.4 Å². The van der Waals surface area contributed by atoms with Gasteiger partial charge >= 0.3 is 0 Å². The van der Waals surface area contributed by atoms with E-state index in [1.807, 2.05) is 0 Å². The number of pyridine rings is 1. The standard InChI is InChI=1S/C29H30N2/c1-5-6-7-13-22-15-16-25-24(17-22)28-21(4)12-9-14-23(28)29-30-18-26(31(25)29)27-19(2)10-8-11-20(27)3/h8-12,14-18H,5-7,13H2,1-4H3. The van der Waals surface area contributed by atoms with E-state index < -0.39 is 0 Å². The molecule has 31 heavy (non-hydrogen) atoms. The Hall–Kier alpha value is -3.13. The Morgan fingerprint density at radius 1 is 0.806 bits per heavy atom. The van der Waals surface area contributed by atoms with Crippen LogP contribution in [0.5, 0.6) is 0 Å². The van der Waals surface area contributed by atoms with Gasteiger partial charge in [-0.15, -0.1) is 0 Å². The fourth-order valence-corrected chi connectivity index (χ4v) is 5.11. The summed E-state index contributed by atoms with van der Waals surface area (Å²) < 4.78 is 2.38. The second-order valence-corrected chi connectivity index (χ2v) is 8.88. The topological polar surface area (TPSA) is 17.3 Å². The number of rotatable bonds is 5. The molecule has 0 saturated carbocycles. The van der Waals surface area contributed by atoms with Crippen LogP contribution < -0.4 is 0 Å². The molecule has 0 radical (unpaired) electrons. The molecule has 0 N–H and O–H groups in total. The van der Waals surface area contributed by atoms with Crippen LogP contribution in [0.2, 0.25) is 0 Å². The van der Waals surface area contributed by atoms with Crippen molar-refractivity contribution in [2.75, 3.05) is 0 Å². The molecular weight excluding hydrogens is 376 g/mol. The number of hydrogen-bond donors (Lipinski definition) is 0. The second-order valence-electron chi connectivity index (χ2n) is 8.88. The van der Waals surface area contributed by atoms with Crippen molar-refractivity contribution in [1.29, 1.82) is 0 Å². The smallest absolute Gasteiger partial charge is 0.145 e. The molecule has 0 bridgehead atoms. The Balaban J connectivity index is 1.88. The molecule has 0 unspecified atom stereocenters. The van der Waals surface area contributed by atoms with Gasteiger partial charge in [0.15, 0.2) is 0 Å². The molecule has 5 aromatic rings. The lowest BCUT2D eigenvalue weighted by atomic mass is 9.97. The summed E-state index contributed by atoms with van der Waals surface area (Å²) in [4.78, 5) is 4.94. The maximum absolute atomic E-state index is 4.94. The Kier molecular flexibility index (Phi) is 5.02. The Morgan fingerprint density at radius 3 is 2.32 bits per heavy atom. The molecule has 0 fully saturated rings. The van der Waals surface area contributed by atoms with Gasteiger partial charge < -0.3 is 0 Å². The minimum atomic E-state index is 1.04. The predicted octanol–water partition coefficient (Wildman–Crippen LogP) is 7.97. The number of nitrogens with zero attached hydrogens (tertiary/aromatic N) is 2. The molecule has 0 aliphatic rings. The van der Waals surface area contributed by atoms with E-state index in [-0.39, 0.29) is 0 Å². The highest BCUT2D eigenvalue weighted by Crippen LogP contribution is 2.36. The van der Waals surface area contributed by atoms with Crippen molar-refractivity contribution in [2.45, 2.75) is 53.4 Å². The van der Waals surface area contributed by atoms with E-state index >= 15 is 0 Å². The first-order valence-electron chi connectivity index (χ1n) is 11.5. The van der Waals surface area contributed by atoms with E-state index in [0.29, 0.717) is 0 Å².